The number of thiazole rings is 1. The average Bonchev–Trinajstić information content (AvgIpc) is 3.06. The Hall–Kier alpha value is -1.35. The summed E-state index contributed by atoms with van der Waals surface area (Å²) < 4.78 is 26.1. The van der Waals surface area contributed by atoms with Crippen LogP contribution in [0.2, 0.25) is 0 Å². The molecule has 0 aliphatic carbocycles. The number of nitrogens with one attached hydrogen (secondary N) is 2. The van der Waals surface area contributed by atoms with Crippen molar-refractivity contribution >= 4 is 47.2 Å². The van der Waals surface area contributed by atoms with Crippen molar-refractivity contribution in [2.24, 2.45) is 0 Å². The number of aromatic nitrogens is 2. The molecule has 2 aromatic rings. The molecule has 1 amide bonds. The van der Waals surface area contributed by atoms with Gasteiger partial charge in [-0.2, -0.15) is 0 Å². The molecule has 0 saturated carbocycles. The van der Waals surface area contributed by atoms with Gasteiger partial charge in [0.05, 0.1) is 18.3 Å². The van der Waals surface area contributed by atoms with Crippen molar-refractivity contribution in [1.82, 2.24) is 15.3 Å². The largest absolute Gasteiger partial charge is 0.301 e. The van der Waals surface area contributed by atoms with Gasteiger partial charge in [-0.15, -0.1) is 36.2 Å². The molecule has 0 aromatic carbocycles. The van der Waals surface area contributed by atoms with E-state index in [1.807, 2.05) is 6.07 Å². The maximum atomic E-state index is 13.1. The molecule has 3 heterocycles. The number of hydrogen-bond donors (Lipinski definition) is 2. The van der Waals surface area contributed by atoms with Gasteiger partial charge in [-0.25, -0.2) is 13.8 Å². The van der Waals surface area contributed by atoms with Gasteiger partial charge in [0.1, 0.15) is 5.69 Å². The van der Waals surface area contributed by atoms with E-state index in [9.17, 15) is 13.6 Å². The van der Waals surface area contributed by atoms with Crippen LogP contribution in [0.4, 0.5) is 13.9 Å². The number of halogens is 4. The van der Waals surface area contributed by atoms with Gasteiger partial charge in [0.25, 0.3) is 5.92 Å². The summed E-state index contributed by atoms with van der Waals surface area (Å²) in [5.41, 5.74) is 1.33. The van der Waals surface area contributed by atoms with Crippen LogP contribution in [0.25, 0.3) is 11.4 Å². The molecule has 0 spiro atoms. The quantitative estimate of drug-likeness (QED) is 0.855. The van der Waals surface area contributed by atoms with Crippen LogP contribution in [-0.2, 0) is 4.79 Å². The third kappa shape index (κ3) is 4.81. The second-order valence-electron chi connectivity index (χ2n) is 4.74. The van der Waals surface area contributed by atoms with Gasteiger partial charge in [0.2, 0.25) is 5.91 Å². The van der Waals surface area contributed by atoms with Crippen LogP contribution in [0, 0.1) is 0 Å². The number of anilines is 1. The van der Waals surface area contributed by atoms with Crippen molar-refractivity contribution in [2.45, 2.75) is 18.4 Å². The SMILES string of the molecule is Cl.Cl.O=C(Nc1nc(-c2ccccn2)cs1)C1CC(F)(F)CN1. The molecule has 1 saturated heterocycles. The zero-order valence-electron chi connectivity index (χ0n) is 11.7. The van der Waals surface area contributed by atoms with E-state index >= 15 is 0 Å². The summed E-state index contributed by atoms with van der Waals surface area (Å²) in [5, 5.41) is 7.20. The molecule has 1 aliphatic rings. The minimum Gasteiger partial charge on any atom is -0.301 e. The Balaban J connectivity index is 0.00000132. The number of hydrogen-bond acceptors (Lipinski definition) is 5. The van der Waals surface area contributed by atoms with E-state index in [1.54, 1.807) is 23.7 Å². The van der Waals surface area contributed by atoms with Crippen molar-refractivity contribution in [1.29, 1.82) is 0 Å². The van der Waals surface area contributed by atoms with Crippen LogP contribution in [-0.4, -0.2) is 34.4 Å². The monoisotopic (exact) mass is 382 g/mol. The molecule has 1 unspecified atom stereocenters. The highest BCUT2D eigenvalue weighted by molar-refractivity contribution is 7.14. The fourth-order valence-corrected chi connectivity index (χ4v) is 2.76. The molecule has 10 heteroatoms. The molecule has 1 atom stereocenters. The minimum atomic E-state index is -2.83. The van der Waals surface area contributed by atoms with Crippen molar-refractivity contribution in [2.75, 3.05) is 11.9 Å². The van der Waals surface area contributed by atoms with Crippen molar-refractivity contribution in [3.05, 3.63) is 29.8 Å². The summed E-state index contributed by atoms with van der Waals surface area (Å²) in [5.74, 6) is -3.32. The smallest absolute Gasteiger partial charge is 0.262 e. The highest BCUT2D eigenvalue weighted by Crippen LogP contribution is 2.27. The van der Waals surface area contributed by atoms with Crippen LogP contribution in [0.15, 0.2) is 29.8 Å². The molecule has 2 aromatic heterocycles. The highest BCUT2D eigenvalue weighted by atomic mass is 35.5. The molecule has 3 rings (SSSR count). The molecule has 5 nitrogen and oxygen atoms in total. The zero-order chi connectivity index (χ0) is 14.9. The lowest BCUT2D eigenvalue weighted by Gasteiger charge is -2.08. The molecule has 1 fully saturated rings. The van der Waals surface area contributed by atoms with Crippen molar-refractivity contribution in [3.63, 3.8) is 0 Å². The summed E-state index contributed by atoms with van der Waals surface area (Å²) in [4.78, 5) is 20.3. The Morgan fingerprint density at radius 1 is 1.35 bits per heavy atom. The second kappa shape index (κ2) is 7.96. The van der Waals surface area contributed by atoms with E-state index in [0.717, 1.165) is 0 Å². The van der Waals surface area contributed by atoms with E-state index in [-0.39, 0.29) is 24.8 Å². The lowest BCUT2D eigenvalue weighted by molar-refractivity contribution is -0.118. The summed E-state index contributed by atoms with van der Waals surface area (Å²) in [6.45, 7) is -0.470. The number of pyridine rings is 1. The maximum Gasteiger partial charge on any atom is 0.262 e. The van der Waals surface area contributed by atoms with Gasteiger partial charge in [0, 0.05) is 18.0 Å². The number of rotatable bonds is 3. The third-order valence-corrected chi connectivity index (χ3v) is 3.85. The summed E-state index contributed by atoms with van der Waals surface area (Å²) in [6.07, 6.45) is 1.16. The summed E-state index contributed by atoms with van der Waals surface area (Å²) >= 11 is 1.23. The molecular weight excluding hydrogens is 369 g/mol. The topological polar surface area (TPSA) is 66.9 Å². The fraction of sp³-hybridized carbons (Fsp3) is 0.308. The summed E-state index contributed by atoms with van der Waals surface area (Å²) in [7, 11) is 0. The number of carbonyl (C=O) groups is 1. The van der Waals surface area contributed by atoms with Gasteiger partial charge in [-0.3, -0.25) is 15.1 Å². The Morgan fingerprint density at radius 3 is 2.74 bits per heavy atom. The van der Waals surface area contributed by atoms with Crippen LogP contribution in [0.1, 0.15) is 6.42 Å². The van der Waals surface area contributed by atoms with E-state index in [1.165, 1.54) is 11.3 Å². The Labute approximate surface area is 147 Å². The van der Waals surface area contributed by atoms with Crippen LogP contribution in [0.3, 0.4) is 0 Å². The molecule has 1 aliphatic heterocycles. The molecule has 0 bridgehead atoms. The third-order valence-electron chi connectivity index (χ3n) is 3.09. The normalized spacial score (nSPS) is 18.6. The van der Waals surface area contributed by atoms with Crippen LogP contribution < -0.4 is 10.6 Å². The van der Waals surface area contributed by atoms with Gasteiger partial charge in [-0.05, 0) is 12.1 Å². The standard InChI is InChI=1S/C13H12F2N4OS.2ClH/c14-13(15)5-9(17-7-13)11(20)19-12-18-10(6-21-12)8-3-1-2-4-16-8;;/h1-4,6,9,17H,5,7H2,(H,18,19,20);2*1H. The Bertz CT molecular complexity index is 656. The fourth-order valence-electron chi connectivity index (χ4n) is 2.06. The molecule has 23 heavy (non-hydrogen) atoms. The average molecular weight is 383 g/mol. The lowest BCUT2D eigenvalue weighted by Crippen LogP contribution is -2.35. The molecule has 0 radical (unpaired) electrons. The number of amides is 1. The van der Waals surface area contributed by atoms with E-state index in [4.69, 9.17) is 0 Å². The number of carbonyl (C=O) groups excluding carboxylic acids is 1. The van der Waals surface area contributed by atoms with Gasteiger partial charge in [-0.1, -0.05) is 6.07 Å². The van der Waals surface area contributed by atoms with Crippen LogP contribution in [0.5, 0.6) is 0 Å². The predicted molar refractivity (Wildman–Crippen MR) is 89.8 cm³/mol. The Morgan fingerprint density at radius 2 is 2.13 bits per heavy atom. The van der Waals surface area contributed by atoms with Gasteiger partial charge < -0.3 is 5.32 Å². The van der Waals surface area contributed by atoms with Crippen LogP contribution >= 0.6 is 36.2 Å². The molecule has 126 valence electrons. The number of nitrogens with zero attached hydrogens (tertiary/aromatic N) is 2. The van der Waals surface area contributed by atoms with Crippen molar-refractivity contribution < 1.29 is 13.6 Å². The first-order chi connectivity index (χ1) is 10.0. The van der Waals surface area contributed by atoms with Gasteiger partial charge in [0.15, 0.2) is 5.13 Å². The first-order valence-corrected chi connectivity index (χ1v) is 7.20. The molecular formula is C13H14Cl2F2N4OS. The first-order valence-electron chi connectivity index (χ1n) is 6.32. The highest BCUT2D eigenvalue weighted by Gasteiger charge is 2.42. The van der Waals surface area contributed by atoms with Crippen molar-refractivity contribution in [3.8, 4) is 11.4 Å². The zero-order valence-corrected chi connectivity index (χ0v) is 14.1. The predicted octanol–water partition coefficient (Wildman–Crippen LogP) is 2.98. The second-order valence-corrected chi connectivity index (χ2v) is 5.59. The Kier molecular flexibility index (Phi) is 6.82. The van der Waals surface area contributed by atoms with E-state index < -0.39 is 30.8 Å². The van der Waals surface area contributed by atoms with E-state index in [0.29, 0.717) is 16.5 Å². The molecule has 2 N–H and O–H groups in total. The maximum absolute atomic E-state index is 13.1. The minimum absolute atomic E-state index is 0. The lowest BCUT2D eigenvalue weighted by atomic mass is 10.2. The number of alkyl halides is 2. The first kappa shape index (κ1) is 19.7. The summed E-state index contributed by atoms with van der Waals surface area (Å²) in [6, 6.07) is 4.55. The van der Waals surface area contributed by atoms with Gasteiger partial charge >= 0.3 is 0 Å². The van der Waals surface area contributed by atoms with E-state index in [2.05, 4.69) is 20.6 Å².